The summed E-state index contributed by atoms with van der Waals surface area (Å²) >= 11 is 0. The van der Waals surface area contributed by atoms with Crippen LogP contribution in [-0.4, -0.2) is 71.8 Å². The van der Waals surface area contributed by atoms with Gasteiger partial charge in [-0.15, -0.1) is 0 Å². The summed E-state index contributed by atoms with van der Waals surface area (Å²) in [7, 11) is -4.29. The van der Waals surface area contributed by atoms with E-state index >= 15 is 0 Å². The van der Waals surface area contributed by atoms with E-state index in [0.717, 1.165) is 30.0 Å². The van der Waals surface area contributed by atoms with E-state index in [4.69, 9.17) is 10.7 Å². The molecule has 2 N–H and O–H groups in total. The fourth-order valence-electron chi connectivity index (χ4n) is 6.66. The fourth-order valence-corrected chi connectivity index (χ4v) is 8.80. The molecule has 0 bridgehead atoms. The SMILES string of the molecule is NC(=O)[C@@H]1CCC[N+]1(Cc1cc(-c2ccc(C(F)(F)F)cc2)nc(N2CCN(Cc3ccccn3)CC2)c1)S(=O)(=O)c1ccc(F)cc1. The lowest BCUT2D eigenvalue weighted by atomic mass is 10.1. The third kappa shape index (κ3) is 6.78. The number of benzene rings is 2. The molecule has 2 aromatic heterocycles. The van der Waals surface area contributed by atoms with Gasteiger partial charge in [0.25, 0.3) is 5.91 Å². The van der Waals surface area contributed by atoms with Crippen LogP contribution >= 0.6 is 0 Å². The van der Waals surface area contributed by atoms with Gasteiger partial charge in [0.2, 0.25) is 0 Å². The number of carbonyl (C=O) groups is 1. The number of piperazine rings is 1. The minimum absolute atomic E-state index is 0.0901. The van der Waals surface area contributed by atoms with E-state index in [0.29, 0.717) is 61.8 Å². The molecule has 2 aliphatic heterocycles. The van der Waals surface area contributed by atoms with Gasteiger partial charge in [-0.05, 0) is 60.7 Å². The highest BCUT2D eigenvalue weighted by atomic mass is 32.2. The summed E-state index contributed by atoms with van der Waals surface area (Å²) < 4.78 is 81.9. The number of rotatable bonds is 9. The number of hydrogen-bond acceptors (Lipinski definition) is 7. The van der Waals surface area contributed by atoms with Gasteiger partial charge >= 0.3 is 16.2 Å². The minimum atomic E-state index is -4.52. The van der Waals surface area contributed by atoms with Gasteiger partial charge in [-0.1, -0.05) is 18.2 Å². The highest BCUT2D eigenvalue weighted by Crippen LogP contribution is 2.39. The van der Waals surface area contributed by atoms with Crippen LogP contribution in [-0.2, 0) is 34.1 Å². The Hall–Kier alpha value is -4.40. The van der Waals surface area contributed by atoms with Crippen LogP contribution < -0.4 is 10.6 Å². The van der Waals surface area contributed by atoms with Crippen molar-refractivity contribution in [3.05, 3.63) is 108 Å². The highest BCUT2D eigenvalue weighted by Gasteiger charge is 2.55. The van der Waals surface area contributed by atoms with Gasteiger partial charge in [0.05, 0.1) is 23.5 Å². The van der Waals surface area contributed by atoms with Crippen LogP contribution in [0.5, 0.6) is 0 Å². The van der Waals surface area contributed by atoms with E-state index in [1.165, 1.54) is 24.3 Å². The van der Waals surface area contributed by atoms with Crippen LogP contribution in [0.15, 0.2) is 90.0 Å². The lowest BCUT2D eigenvalue weighted by molar-refractivity contribution is -0.823. The highest BCUT2D eigenvalue weighted by molar-refractivity contribution is 7.86. The zero-order chi connectivity index (χ0) is 34.1. The maximum absolute atomic E-state index is 14.3. The molecule has 14 heteroatoms. The zero-order valence-electron chi connectivity index (χ0n) is 26.0. The molecule has 0 radical (unpaired) electrons. The summed E-state index contributed by atoms with van der Waals surface area (Å²) in [6.45, 7) is 3.18. The van der Waals surface area contributed by atoms with E-state index in [-0.39, 0.29) is 24.4 Å². The van der Waals surface area contributed by atoms with Crippen LogP contribution in [0.4, 0.5) is 23.4 Å². The number of nitrogens with zero attached hydrogens (tertiary/aromatic N) is 5. The van der Waals surface area contributed by atoms with Crippen molar-refractivity contribution in [2.75, 3.05) is 37.6 Å². The van der Waals surface area contributed by atoms with Crippen molar-refractivity contribution in [1.82, 2.24) is 14.9 Å². The second-order valence-electron chi connectivity index (χ2n) is 12.2. The second-order valence-corrected chi connectivity index (χ2v) is 14.4. The average Bonchev–Trinajstić information content (AvgIpc) is 3.51. The van der Waals surface area contributed by atoms with Crippen molar-refractivity contribution in [3.8, 4) is 11.3 Å². The average molecular weight is 684 g/mol. The molecule has 2 saturated heterocycles. The number of aromatic nitrogens is 2. The summed E-state index contributed by atoms with van der Waals surface area (Å²) in [6.07, 6.45) is -2.11. The van der Waals surface area contributed by atoms with Gasteiger partial charge in [0.15, 0.2) is 6.04 Å². The Labute approximate surface area is 276 Å². The number of nitrogens with two attached hydrogens (primary N) is 1. The number of primary amides is 1. The lowest BCUT2D eigenvalue weighted by Crippen LogP contribution is -2.59. The van der Waals surface area contributed by atoms with Crippen LogP contribution in [0.1, 0.15) is 29.7 Å². The largest absolute Gasteiger partial charge is 0.416 e. The van der Waals surface area contributed by atoms with Crippen LogP contribution in [0.3, 0.4) is 0 Å². The zero-order valence-corrected chi connectivity index (χ0v) is 26.8. The Balaban J connectivity index is 1.38. The van der Waals surface area contributed by atoms with Crippen molar-refractivity contribution in [2.24, 2.45) is 5.73 Å². The van der Waals surface area contributed by atoms with E-state index in [1.54, 1.807) is 18.3 Å². The summed E-state index contributed by atoms with van der Waals surface area (Å²) in [5.41, 5.74) is 7.25. The number of amides is 1. The summed E-state index contributed by atoms with van der Waals surface area (Å²) in [4.78, 5) is 26.2. The Bertz CT molecular complexity index is 1870. The number of likely N-dealkylation sites (tertiary alicyclic amines) is 1. The van der Waals surface area contributed by atoms with Gasteiger partial charge in [0, 0.05) is 62.9 Å². The first-order chi connectivity index (χ1) is 22.9. The number of carbonyl (C=O) groups excluding carboxylic acids is 1. The van der Waals surface area contributed by atoms with Crippen LogP contribution in [0, 0.1) is 5.82 Å². The second kappa shape index (κ2) is 13.2. The number of sulfonamides is 1. The van der Waals surface area contributed by atoms with Crippen LogP contribution in [0.25, 0.3) is 11.3 Å². The third-order valence-electron chi connectivity index (χ3n) is 9.14. The molecule has 48 heavy (non-hydrogen) atoms. The molecular weight excluding hydrogens is 648 g/mol. The molecule has 1 amide bonds. The Morgan fingerprint density at radius 3 is 2.29 bits per heavy atom. The van der Waals surface area contributed by atoms with Crippen molar-refractivity contribution >= 4 is 21.7 Å². The van der Waals surface area contributed by atoms with Crippen LogP contribution in [0.2, 0.25) is 0 Å². The molecule has 2 aromatic carbocycles. The predicted molar refractivity (Wildman–Crippen MR) is 171 cm³/mol. The maximum Gasteiger partial charge on any atom is 0.416 e. The molecular formula is C34H35F4N6O3S+. The molecule has 252 valence electrons. The standard InChI is InChI=1S/C34H34F4N6O3S/c35-27-10-12-29(13-11-27)48(46,47)44(19-3-5-31(44)33(39)45)23-24-20-30(25-6-8-26(9-7-25)34(36,37)38)41-32(21-24)43-17-15-42(16-18-43)22-28-4-1-2-14-40-28/h1-2,4,6-14,20-21,31H,3,5,15-19,22-23H2,(H-,39,45)/p+1/t31-,44?/m0/s1. The predicted octanol–water partition coefficient (Wildman–Crippen LogP) is 4.98. The van der Waals surface area contributed by atoms with Gasteiger partial charge in [0.1, 0.15) is 23.1 Å². The Kier molecular flexibility index (Phi) is 9.25. The monoisotopic (exact) mass is 683 g/mol. The first kappa shape index (κ1) is 33.5. The third-order valence-corrected chi connectivity index (χ3v) is 11.5. The number of anilines is 1. The van der Waals surface area contributed by atoms with E-state index < -0.39 is 43.4 Å². The number of halogens is 4. The van der Waals surface area contributed by atoms with E-state index in [9.17, 15) is 30.8 Å². The minimum Gasteiger partial charge on any atom is -0.364 e. The molecule has 1 unspecified atom stereocenters. The number of alkyl halides is 3. The molecule has 2 fully saturated rings. The maximum atomic E-state index is 14.3. The molecule has 6 rings (SSSR count). The van der Waals surface area contributed by atoms with Gasteiger partial charge < -0.3 is 10.6 Å². The lowest BCUT2D eigenvalue weighted by Gasteiger charge is -2.38. The van der Waals surface area contributed by atoms with Crippen molar-refractivity contribution < 1.29 is 34.7 Å². The van der Waals surface area contributed by atoms with Crippen molar-refractivity contribution in [2.45, 2.75) is 43.0 Å². The molecule has 9 nitrogen and oxygen atoms in total. The molecule has 4 aromatic rings. The fraction of sp³-hybridized carbons (Fsp3) is 0.324. The van der Waals surface area contributed by atoms with Crippen molar-refractivity contribution in [3.63, 3.8) is 0 Å². The first-order valence-electron chi connectivity index (χ1n) is 15.6. The smallest absolute Gasteiger partial charge is 0.364 e. The number of pyridine rings is 2. The molecule has 2 atom stereocenters. The Morgan fingerprint density at radius 2 is 1.67 bits per heavy atom. The summed E-state index contributed by atoms with van der Waals surface area (Å²) in [6, 6.07) is 17.2. The number of hydrogen-bond donors (Lipinski definition) is 1. The first-order valence-corrected chi connectivity index (χ1v) is 17.0. The molecule has 0 saturated carbocycles. The summed E-state index contributed by atoms with van der Waals surface area (Å²) in [5.74, 6) is -0.833. The van der Waals surface area contributed by atoms with E-state index in [1.807, 2.05) is 18.2 Å². The van der Waals surface area contributed by atoms with Gasteiger partial charge in [-0.2, -0.15) is 21.6 Å². The molecule has 2 aliphatic rings. The van der Waals surface area contributed by atoms with Gasteiger partial charge in [-0.25, -0.2) is 13.3 Å². The quantitative estimate of drug-likeness (QED) is 0.196. The topological polar surface area (TPSA) is 109 Å². The van der Waals surface area contributed by atoms with E-state index in [2.05, 4.69) is 14.8 Å². The normalized spacial score (nSPS) is 20.6. The van der Waals surface area contributed by atoms with Crippen molar-refractivity contribution in [1.29, 1.82) is 0 Å². The summed E-state index contributed by atoms with van der Waals surface area (Å²) in [5, 5.41) is 0. The Morgan fingerprint density at radius 1 is 0.958 bits per heavy atom. The molecule has 0 spiro atoms. The van der Waals surface area contributed by atoms with Gasteiger partial charge in [-0.3, -0.25) is 14.7 Å². The number of quaternary nitrogens is 1. The molecule has 4 heterocycles. The molecule has 0 aliphatic carbocycles.